The van der Waals surface area contributed by atoms with Gasteiger partial charge in [-0.25, -0.2) is 13.1 Å². The van der Waals surface area contributed by atoms with E-state index >= 15 is 0 Å². The number of carbonyl (C=O) groups excluding carboxylic acids is 2. The summed E-state index contributed by atoms with van der Waals surface area (Å²) >= 11 is 0. The smallest absolute Gasteiger partial charge is 0.264 e. The molecule has 0 spiro atoms. The van der Waals surface area contributed by atoms with E-state index in [0.717, 1.165) is 65.4 Å². The van der Waals surface area contributed by atoms with Crippen molar-refractivity contribution in [1.29, 1.82) is 0 Å². The zero-order valence-corrected chi connectivity index (χ0v) is 27.8. The van der Waals surface area contributed by atoms with Crippen LogP contribution < -0.4 is 9.46 Å². The third-order valence-electron chi connectivity index (χ3n) is 10.3. The molecular formula is C35H45N3O6S. The molecule has 2 N–H and O–H groups in total. The zero-order chi connectivity index (χ0) is 32.3. The number of sulfonamides is 1. The monoisotopic (exact) mass is 635 g/mol. The van der Waals surface area contributed by atoms with Gasteiger partial charge in [0.1, 0.15) is 5.75 Å². The van der Waals surface area contributed by atoms with E-state index in [4.69, 9.17) is 4.74 Å². The normalized spacial score (nSPS) is 21.9. The molecule has 2 unspecified atom stereocenters. The van der Waals surface area contributed by atoms with E-state index in [9.17, 15) is 23.1 Å². The van der Waals surface area contributed by atoms with Gasteiger partial charge in [0.15, 0.2) is 0 Å². The molecule has 1 saturated heterocycles. The van der Waals surface area contributed by atoms with Crippen LogP contribution in [0.15, 0.2) is 36.4 Å². The minimum absolute atomic E-state index is 0.00727. The molecule has 2 aliphatic heterocycles. The Labute approximate surface area is 266 Å². The highest BCUT2D eigenvalue weighted by atomic mass is 32.2. The van der Waals surface area contributed by atoms with Crippen molar-refractivity contribution in [3.05, 3.63) is 53.1 Å². The van der Waals surface area contributed by atoms with Crippen LogP contribution in [0.25, 0.3) is 22.2 Å². The number of amides is 2. The molecule has 1 aromatic heterocycles. The maximum Gasteiger partial charge on any atom is 0.264 e. The van der Waals surface area contributed by atoms with Crippen LogP contribution in [0, 0.1) is 5.41 Å². The number of methoxy groups -OCH3 is 1. The van der Waals surface area contributed by atoms with Gasteiger partial charge < -0.3 is 19.3 Å². The Bertz CT molecular complexity index is 1760. The van der Waals surface area contributed by atoms with Crippen molar-refractivity contribution in [2.24, 2.45) is 5.41 Å². The van der Waals surface area contributed by atoms with Gasteiger partial charge in [-0.15, -0.1) is 0 Å². The SMILES string of the molecule is CCCC(CCC)c1c2n(c3cc(C(=O)NS(C)(=O)=O)ccc13)CC1(C(=O)N3CCC(C)(O)CC3)CC1c1cc(OC)ccc1-2. The molecule has 2 fully saturated rings. The van der Waals surface area contributed by atoms with Crippen molar-refractivity contribution in [3.63, 3.8) is 0 Å². The van der Waals surface area contributed by atoms with E-state index in [1.54, 1.807) is 19.2 Å². The third kappa shape index (κ3) is 5.65. The number of likely N-dealkylation sites (tertiary alicyclic amines) is 1. The number of ether oxygens (including phenoxy) is 1. The lowest BCUT2D eigenvalue weighted by Gasteiger charge is -2.38. The second-order valence-electron chi connectivity index (χ2n) is 13.7. The molecule has 0 bridgehead atoms. The maximum atomic E-state index is 14.5. The lowest BCUT2D eigenvalue weighted by atomic mass is 9.85. The van der Waals surface area contributed by atoms with E-state index in [0.29, 0.717) is 38.9 Å². The molecule has 10 heteroatoms. The Morgan fingerprint density at radius 2 is 1.78 bits per heavy atom. The van der Waals surface area contributed by atoms with Gasteiger partial charge in [-0.05, 0) is 86.4 Å². The molecule has 6 rings (SSSR count). The van der Waals surface area contributed by atoms with Gasteiger partial charge in [0.2, 0.25) is 15.9 Å². The second-order valence-corrected chi connectivity index (χ2v) is 15.5. The summed E-state index contributed by atoms with van der Waals surface area (Å²) in [4.78, 5) is 29.5. The number of piperidine rings is 1. The fourth-order valence-electron chi connectivity index (χ4n) is 7.89. The summed E-state index contributed by atoms with van der Waals surface area (Å²) in [5, 5.41) is 11.6. The molecule has 1 saturated carbocycles. The topological polar surface area (TPSA) is 118 Å². The van der Waals surface area contributed by atoms with E-state index in [1.807, 2.05) is 24.0 Å². The number of aliphatic hydroxyl groups is 1. The average Bonchev–Trinajstić information content (AvgIpc) is 3.66. The molecule has 3 aliphatic rings. The number of fused-ring (bicyclic) bond motifs is 7. The molecule has 242 valence electrons. The maximum absolute atomic E-state index is 14.5. The summed E-state index contributed by atoms with van der Waals surface area (Å²) in [6.45, 7) is 7.72. The highest BCUT2D eigenvalue weighted by Gasteiger charge is 2.64. The van der Waals surface area contributed by atoms with Crippen LogP contribution in [0.2, 0.25) is 0 Å². The molecular weight excluding hydrogens is 590 g/mol. The first-order valence-electron chi connectivity index (χ1n) is 16.2. The van der Waals surface area contributed by atoms with Gasteiger partial charge in [-0.2, -0.15) is 0 Å². The number of benzene rings is 2. The van der Waals surface area contributed by atoms with Crippen LogP contribution in [0.3, 0.4) is 0 Å². The van der Waals surface area contributed by atoms with Crippen LogP contribution in [0.4, 0.5) is 0 Å². The Morgan fingerprint density at radius 1 is 1.09 bits per heavy atom. The summed E-state index contributed by atoms with van der Waals surface area (Å²) < 4.78 is 33.9. The summed E-state index contributed by atoms with van der Waals surface area (Å²) in [7, 11) is -2.09. The van der Waals surface area contributed by atoms with Gasteiger partial charge >= 0.3 is 0 Å². The van der Waals surface area contributed by atoms with Gasteiger partial charge in [0.25, 0.3) is 5.91 Å². The second kappa shape index (κ2) is 11.5. The lowest BCUT2D eigenvalue weighted by Crippen LogP contribution is -2.48. The van der Waals surface area contributed by atoms with Gasteiger partial charge in [-0.1, -0.05) is 32.8 Å². The number of hydrogen-bond acceptors (Lipinski definition) is 6. The molecule has 9 nitrogen and oxygen atoms in total. The minimum Gasteiger partial charge on any atom is -0.497 e. The number of rotatable bonds is 9. The summed E-state index contributed by atoms with van der Waals surface area (Å²) in [5.41, 5.74) is 4.15. The molecule has 2 aromatic carbocycles. The lowest BCUT2D eigenvalue weighted by molar-refractivity contribution is -0.141. The Kier molecular flexibility index (Phi) is 8.05. The van der Waals surface area contributed by atoms with E-state index in [-0.39, 0.29) is 23.3 Å². The molecule has 3 aromatic rings. The van der Waals surface area contributed by atoms with Gasteiger partial charge in [0.05, 0.1) is 30.1 Å². The molecule has 3 heterocycles. The number of aromatic nitrogens is 1. The molecule has 1 aliphatic carbocycles. The third-order valence-corrected chi connectivity index (χ3v) is 10.8. The fraction of sp³-hybridized carbons (Fsp3) is 0.543. The quantitative estimate of drug-likeness (QED) is 0.318. The summed E-state index contributed by atoms with van der Waals surface area (Å²) in [5.74, 6) is 0.463. The number of hydrogen-bond donors (Lipinski definition) is 2. The Hall–Kier alpha value is -3.37. The Morgan fingerprint density at radius 3 is 2.40 bits per heavy atom. The number of nitrogens with zero attached hydrogens (tertiary/aromatic N) is 2. The van der Waals surface area contributed by atoms with Crippen molar-refractivity contribution >= 4 is 32.7 Å². The van der Waals surface area contributed by atoms with E-state index in [2.05, 4.69) is 35.3 Å². The molecule has 2 amide bonds. The highest BCUT2D eigenvalue weighted by molar-refractivity contribution is 7.89. The number of nitrogens with one attached hydrogen (secondary N) is 1. The number of carbonyl (C=O) groups is 2. The summed E-state index contributed by atoms with van der Waals surface area (Å²) in [6.07, 6.45) is 6.80. The van der Waals surface area contributed by atoms with E-state index in [1.165, 1.54) is 5.56 Å². The van der Waals surface area contributed by atoms with Crippen molar-refractivity contribution < 1.29 is 27.9 Å². The predicted molar refractivity (Wildman–Crippen MR) is 175 cm³/mol. The van der Waals surface area contributed by atoms with Gasteiger partial charge in [0, 0.05) is 47.6 Å². The van der Waals surface area contributed by atoms with Crippen molar-refractivity contribution in [1.82, 2.24) is 14.2 Å². The van der Waals surface area contributed by atoms with Gasteiger partial charge in [-0.3, -0.25) is 9.59 Å². The minimum atomic E-state index is -3.75. The first-order chi connectivity index (χ1) is 21.3. The molecule has 45 heavy (non-hydrogen) atoms. The average molecular weight is 636 g/mol. The molecule has 2 atom stereocenters. The van der Waals surface area contributed by atoms with Crippen LogP contribution in [0.1, 0.15) is 99.0 Å². The van der Waals surface area contributed by atoms with Crippen LogP contribution in [0.5, 0.6) is 5.75 Å². The largest absolute Gasteiger partial charge is 0.497 e. The molecule has 0 radical (unpaired) electrons. The first-order valence-corrected chi connectivity index (χ1v) is 18.1. The Balaban J connectivity index is 1.59. The predicted octanol–water partition coefficient (Wildman–Crippen LogP) is 5.55. The van der Waals surface area contributed by atoms with E-state index < -0.39 is 26.9 Å². The van der Waals surface area contributed by atoms with Crippen molar-refractivity contribution in [2.75, 3.05) is 26.5 Å². The highest BCUT2D eigenvalue weighted by Crippen LogP contribution is 2.66. The van der Waals surface area contributed by atoms with Crippen LogP contribution in [-0.2, 0) is 21.4 Å². The summed E-state index contributed by atoms with van der Waals surface area (Å²) in [6, 6.07) is 11.6. The van der Waals surface area contributed by atoms with Crippen molar-refractivity contribution in [2.45, 2.75) is 89.7 Å². The van der Waals surface area contributed by atoms with Crippen molar-refractivity contribution in [3.8, 4) is 17.0 Å². The first kappa shape index (κ1) is 31.6. The van der Waals surface area contributed by atoms with Crippen LogP contribution in [-0.4, -0.2) is 66.9 Å². The zero-order valence-electron chi connectivity index (χ0n) is 27.0. The fourth-order valence-corrected chi connectivity index (χ4v) is 8.35. The van der Waals surface area contributed by atoms with Crippen LogP contribution >= 0.6 is 0 Å². The standard InChI is InChI=1S/C35H45N3O6S/c1-6-8-22(9-7-2)30-26-12-10-23(32(39)36-45(5,42)43)18-29(26)38-21-35(33(40)37-16-14-34(3,41)15-17-37)20-28(35)27-19-24(44-4)11-13-25(27)31(30)38/h10-13,18-19,22,28,41H,6-9,14-17,20-21H2,1-5H3,(H,36,39).